The Morgan fingerprint density at radius 1 is 1.53 bits per heavy atom. The highest BCUT2D eigenvalue weighted by atomic mass is 79.9. The second-order valence-electron chi connectivity index (χ2n) is 2.96. The number of aromatic nitrogens is 1. The summed E-state index contributed by atoms with van der Waals surface area (Å²) in [6.45, 7) is 0.434. The quantitative estimate of drug-likeness (QED) is 0.775. The van der Waals surface area contributed by atoms with Gasteiger partial charge in [0.05, 0.1) is 10.2 Å². The van der Waals surface area contributed by atoms with E-state index in [4.69, 9.17) is 4.74 Å². The second kappa shape index (κ2) is 5.58. The molecule has 15 heavy (non-hydrogen) atoms. The molecule has 0 aliphatic carbocycles. The first-order valence-corrected chi connectivity index (χ1v) is 6.84. The molecule has 1 aromatic heterocycles. The minimum absolute atomic E-state index is 0.0520. The van der Waals surface area contributed by atoms with Crippen LogP contribution in [-0.4, -0.2) is 32.9 Å². The van der Waals surface area contributed by atoms with Crippen molar-refractivity contribution < 1.29 is 13.2 Å². The van der Waals surface area contributed by atoms with Crippen molar-refractivity contribution in [2.45, 2.75) is 11.4 Å². The Labute approximate surface area is 97.7 Å². The lowest BCUT2D eigenvalue weighted by atomic mass is 10.5. The zero-order valence-corrected chi connectivity index (χ0v) is 10.7. The lowest BCUT2D eigenvalue weighted by Gasteiger charge is -2.04. The summed E-state index contributed by atoms with van der Waals surface area (Å²) in [4.78, 5) is 3.85. The zero-order valence-electron chi connectivity index (χ0n) is 8.31. The number of nitrogens with zero attached hydrogens (tertiary/aromatic N) is 1. The van der Waals surface area contributed by atoms with Gasteiger partial charge in [-0.1, -0.05) is 0 Å². The van der Waals surface area contributed by atoms with Gasteiger partial charge in [0.1, 0.15) is 0 Å². The number of sulfone groups is 1. The van der Waals surface area contributed by atoms with Crippen LogP contribution in [0.4, 0.5) is 0 Å². The number of pyridine rings is 1. The molecular formula is C9H12BrNO3S. The molecule has 0 N–H and O–H groups in total. The molecule has 0 radical (unpaired) electrons. The summed E-state index contributed by atoms with van der Waals surface area (Å²) < 4.78 is 28.9. The lowest BCUT2D eigenvalue weighted by Crippen LogP contribution is -2.11. The van der Waals surface area contributed by atoms with E-state index in [1.807, 2.05) is 0 Å². The largest absolute Gasteiger partial charge is 0.385 e. The Balaban J connectivity index is 2.83. The van der Waals surface area contributed by atoms with Crippen molar-refractivity contribution in [1.29, 1.82) is 0 Å². The van der Waals surface area contributed by atoms with Gasteiger partial charge in [0.15, 0.2) is 14.9 Å². The van der Waals surface area contributed by atoms with Crippen molar-refractivity contribution in [2.75, 3.05) is 19.5 Å². The number of methoxy groups -OCH3 is 1. The van der Waals surface area contributed by atoms with Crippen molar-refractivity contribution in [3.05, 3.63) is 22.8 Å². The van der Waals surface area contributed by atoms with Gasteiger partial charge >= 0.3 is 0 Å². The molecule has 0 aliphatic rings. The van der Waals surface area contributed by atoms with Crippen molar-refractivity contribution in [3.8, 4) is 0 Å². The summed E-state index contributed by atoms with van der Waals surface area (Å²) in [5, 5.41) is 0.0982. The van der Waals surface area contributed by atoms with Crippen LogP contribution in [0, 0.1) is 0 Å². The highest BCUT2D eigenvalue weighted by molar-refractivity contribution is 9.10. The Morgan fingerprint density at radius 2 is 2.27 bits per heavy atom. The molecule has 84 valence electrons. The van der Waals surface area contributed by atoms with E-state index in [2.05, 4.69) is 20.9 Å². The fraction of sp³-hybridized carbons (Fsp3) is 0.444. The van der Waals surface area contributed by atoms with E-state index in [1.165, 1.54) is 6.20 Å². The molecule has 0 amide bonds. The van der Waals surface area contributed by atoms with Crippen LogP contribution in [-0.2, 0) is 14.6 Å². The van der Waals surface area contributed by atoms with E-state index in [9.17, 15) is 8.42 Å². The van der Waals surface area contributed by atoms with Crippen LogP contribution in [0.5, 0.6) is 0 Å². The van der Waals surface area contributed by atoms with Crippen LogP contribution in [0.25, 0.3) is 0 Å². The van der Waals surface area contributed by atoms with Crippen molar-refractivity contribution in [2.24, 2.45) is 0 Å². The third-order valence-electron chi connectivity index (χ3n) is 1.78. The molecule has 1 aromatic rings. The molecule has 0 fully saturated rings. The molecule has 0 saturated heterocycles. The van der Waals surface area contributed by atoms with Gasteiger partial charge in [0, 0.05) is 19.9 Å². The third kappa shape index (κ3) is 3.55. The van der Waals surface area contributed by atoms with E-state index >= 15 is 0 Å². The summed E-state index contributed by atoms with van der Waals surface area (Å²) in [5.74, 6) is 0.0520. The van der Waals surface area contributed by atoms with Gasteiger partial charge in [-0.3, -0.25) is 0 Å². The van der Waals surface area contributed by atoms with E-state index in [-0.39, 0.29) is 10.8 Å². The Morgan fingerprint density at radius 3 is 2.87 bits per heavy atom. The van der Waals surface area contributed by atoms with Crippen molar-refractivity contribution >= 4 is 25.8 Å². The first kappa shape index (κ1) is 12.6. The number of hydrogen-bond acceptors (Lipinski definition) is 4. The summed E-state index contributed by atoms with van der Waals surface area (Å²) in [5.41, 5.74) is 0. The fourth-order valence-corrected chi connectivity index (χ4v) is 3.36. The smallest absolute Gasteiger partial charge is 0.196 e. The van der Waals surface area contributed by atoms with Gasteiger partial charge in [0.2, 0.25) is 0 Å². The number of halogens is 1. The highest BCUT2D eigenvalue weighted by Gasteiger charge is 2.18. The van der Waals surface area contributed by atoms with Crippen LogP contribution >= 0.6 is 15.9 Å². The molecule has 0 saturated carbocycles. The molecule has 0 bridgehead atoms. The van der Waals surface area contributed by atoms with Gasteiger partial charge in [-0.15, -0.1) is 0 Å². The maximum absolute atomic E-state index is 11.8. The Kier molecular flexibility index (Phi) is 4.69. The second-order valence-corrected chi connectivity index (χ2v) is 5.83. The Bertz CT molecular complexity index is 419. The maximum atomic E-state index is 11.8. The van der Waals surface area contributed by atoms with E-state index < -0.39 is 9.84 Å². The monoisotopic (exact) mass is 293 g/mol. The van der Waals surface area contributed by atoms with E-state index in [1.54, 1.807) is 19.2 Å². The van der Waals surface area contributed by atoms with Crippen LogP contribution in [0.2, 0.25) is 0 Å². The Hall–Kier alpha value is -0.460. The molecule has 1 heterocycles. The molecule has 0 aromatic carbocycles. The summed E-state index contributed by atoms with van der Waals surface area (Å²) >= 11 is 3.17. The molecular weight excluding hydrogens is 282 g/mol. The maximum Gasteiger partial charge on any atom is 0.196 e. The normalized spacial score (nSPS) is 11.6. The van der Waals surface area contributed by atoms with Crippen LogP contribution < -0.4 is 0 Å². The summed E-state index contributed by atoms with van der Waals surface area (Å²) in [6, 6.07) is 3.34. The van der Waals surface area contributed by atoms with Crippen LogP contribution in [0.1, 0.15) is 6.42 Å². The minimum Gasteiger partial charge on any atom is -0.385 e. The van der Waals surface area contributed by atoms with Crippen molar-refractivity contribution in [1.82, 2.24) is 4.98 Å². The zero-order chi connectivity index (χ0) is 11.3. The molecule has 0 aliphatic heterocycles. The van der Waals surface area contributed by atoms with Gasteiger partial charge in [0.25, 0.3) is 0 Å². The molecule has 6 heteroatoms. The molecule has 0 atom stereocenters. The average molecular weight is 294 g/mol. The molecule has 0 spiro atoms. The number of rotatable bonds is 5. The van der Waals surface area contributed by atoms with Gasteiger partial charge < -0.3 is 4.74 Å². The van der Waals surface area contributed by atoms with E-state index in [0.717, 1.165) is 0 Å². The first-order chi connectivity index (χ1) is 7.08. The third-order valence-corrected chi connectivity index (χ3v) is 4.42. The number of ether oxygens (including phenoxy) is 1. The van der Waals surface area contributed by atoms with Crippen molar-refractivity contribution in [3.63, 3.8) is 0 Å². The highest BCUT2D eigenvalue weighted by Crippen LogP contribution is 2.20. The van der Waals surface area contributed by atoms with Crippen LogP contribution in [0.3, 0.4) is 0 Å². The van der Waals surface area contributed by atoms with Gasteiger partial charge in [-0.25, -0.2) is 13.4 Å². The van der Waals surface area contributed by atoms with Gasteiger partial charge in [-0.2, -0.15) is 0 Å². The summed E-state index contributed by atoms with van der Waals surface area (Å²) in [7, 11) is -1.76. The lowest BCUT2D eigenvalue weighted by molar-refractivity contribution is 0.199. The summed E-state index contributed by atoms with van der Waals surface area (Å²) in [6.07, 6.45) is 1.94. The molecule has 4 nitrogen and oxygen atoms in total. The fourth-order valence-electron chi connectivity index (χ4n) is 1.09. The predicted molar refractivity (Wildman–Crippen MR) is 60.5 cm³/mol. The standard InChI is InChI=1S/C9H12BrNO3S/c1-14-6-3-7-15(12,13)9-8(10)4-2-5-11-9/h2,4-5H,3,6-7H2,1H3. The van der Waals surface area contributed by atoms with Gasteiger partial charge in [-0.05, 0) is 34.5 Å². The molecule has 1 rings (SSSR count). The number of hydrogen-bond donors (Lipinski definition) is 0. The first-order valence-electron chi connectivity index (χ1n) is 4.40. The predicted octanol–water partition coefficient (Wildman–Crippen LogP) is 1.65. The minimum atomic E-state index is -3.30. The SMILES string of the molecule is COCCCS(=O)(=O)c1ncccc1Br. The average Bonchev–Trinajstić information content (AvgIpc) is 2.18. The van der Waals surface area contributed by atoms with Crippen LogP contribution in [0.15, 0.2) is 27.8 Å². The topological polar surface area (TPSA) is 56.3 Å². The molecule has 0 unspecified atom stereocenters. The van der Waals surface area contributed by atoms with E-state index in [0.29, 0.717) is 17.5 Å².